The van der Waals surface area contributed by atoms with Gasteiger partial charge in [0.15, 0.2) is 0 Å². The van der Waals surface area contributed by atoms with Crippen molar-refractivity contribution >= 4 is 0 Å². The number of piperidine rings is 1. The minimum absolute atomic E-state index is 0.924. The van der Waals surface area contributed by atoms with E-state index in [0.717, 1.165) is 12.5 Å². The number of hydrogen-bond donors (Lipinski definition) is 1. The summed E-state index contributed by atoms with van der Waals surface area (Å²) in [5, 5.41) is 3.19. The van der Waals surface area contributed by atoms with Gasteiger partial charge in [-0.05, 0) is 51.9 Å². The Kier molecular flexibility index (Phi) is 4.62. The molecule has 0 spiro atoms. The number of rotatable bonds is 4. The van der Waals surface area contributed by atoms with Crippen molar-refractivity contribution < 1.29 is 0 Å². The van der Waals surface area contributed by atoms with E-state index >= 15 is 0 Å². The van der Waals surface area contributed by atoms with E-state index in [1.54, 1.807) is 0 Å². The van der Waals surface area contributed by atoms with Gasteiger partial charge in [-0.1, -0.05) is 6.92 Å². The largest absolute Gasteiger partial charge is 0.320 e. The van der Waals surface area contributed by atoms with Crippen molar-refractivity contribution in [2.24, 2.45) is 5.92 Å². The molecule has 0 amide bonds. The van der Waals surface area contributed by atoms with Gasteiger partial charge < -0.3 is 10.2 Å². The molecule has 0 aromatic carbocycles. The molecule has 1 fully saturated rings. The van der Waals surface area contributed by atoms with Crippen LogP contribution in [-0.4, -0.2) is 38.1 Å². The van der Waals surface area contributed by atoms with Gasteiger partial charge in [-0.25, -0.2) is 0 Å². The monoisotopic (exact) mass is 170 g/mol. The van der Waals surface area contributed by atoms with Crippen molar-refractivity contribution in [2.45, 2.75) is 26.2 Å². The molecule has 2 heteroatoms. The molecule has 1 atom stereocenters. The summed E-state index contributed by atoms with van der Waals surface area (Å²) in [5.74, 6) is 0.924. The molecule has 1 rings (SSSR count). The first-order valence-corrected chi connectivity index (χ1v) is 5.20. The van der Waals surface area contributed by atoms with Crippen LogP contribution in [0.1, 0.15) is 26.2 Å². The summed E-state index contributed by atoms with van der Waals surface area (Å²) in [5.41, 5.74) is 0. The van der Waals surface area contributed by atoms with Crippen LogP contribution in [0.4, 0.5) is 0 Å². The molecule has 0 aliphatic carbocycles. The molecule has 1 saturated heterocycles. The summed E-state index contributed by atoms with van der Waals surface area (Å²) in [6, 6.07) is 0. The highest BCUT2D eigenvalue weighted by atomic mass is 15.1. The van der Waals surface area contributed by atoms with Crippen LogP contribution in [0.5, 0.6) is 0 Å². The van der Waals surface area contributed by atoms with E-state index in [4.69, 9.17) is 0 Å². The SMILES string of the molecule is CNCCCN1CCCC(C)C1. The fourth-order valence-electron chi connectivity index (χ4n) is 1.97. The maximum absolute atomic E-state index is 3.19. The van der Waals surface area contributed by atoms with E-state index in [2.05, 4.69) is 17.1 Å². The average molecular weight is 170 g/mol. The normalized spacial score (nSPS) is 26.0. The third-order valence-corrected chi connectivity index (χ3v) is 2.64. The zero-order valence-corrected chi connectivity index (χ0v) is 8.47. The zero-order chi connectivity index (χ0) is 8.81. The highest BCUT2D eigenvalue weighted by Gasteiger charge is 2.14. The molecular formula is C10H22N2. The van der Waals surface area contributed by atoms with Crippen molar-refractivity contribution in [3.05, 3.63) is 0 Å². The third-order valence-electron chi connectivity index (χ3n) is 2.64. The minimum Gasteiger partial charge on any atom is -0.320 e. The number of likely N-dealkylation sites (tertiary alicyclic amines) is 1. The molecule has 0 aromatic heterocycles. The second-order valence-corrected chi connectivity index (χ2v) is 4.01. The second kappa shape index (κ2) is 5.55. The topological polar surface area (TPSA) is 15.3 Å². The van der Waals surface area contributed by atoms with Crippen LogP contribution in [0.15, 0.2) is 0 Å². The summed E-state index contributed by atoms with van der Waals surface area (Å²) in [4.78, 5) is 2.60. The highest BCUT2D eigenvalue weighted by Crippen LogP contribution is 2.14. The van der Waals surface area contributed by atoms with Gasteiger partial charge in [0.05, 0.1) is 0 Å². The van der Waals surface area contributed by atoms with E-state index in [1.165, 1.54) is 38.9 Å². The molecule has 1 aliphatic rings. The van der Waals surface area contributed by atoms with Crippen molar-refractivity contribution in [1.82, 2.24) is 10.2 Å². The first-order valence-electron chi connectivity index (χ1n) is 5.20. The summed E-state index contributed by atoms with van der Waals surface area (Å²) in [6.45, 7) is 7.46. The van der Waals surface area contributed by atoms with Crippen LogP contribution in [0.3, 0.4) is 0 Å². The van der Waals surface area contributed by atoms with Gasteiger partial charge in [0.25, 0.3) is 0 Å². The number of hydrogen-bond acceptors (Lipinski definition) is 2. The Bertz CT molecular complexity index is 114. The smallest absolute Gasteiger partial charge is 0.000703 e. The summed E-state index contributed by atoms with van der Waals surface area (Å²) < 4.78 is 0. The molecule has 1 N–H and O–H groups in total. The van der Waals surface area contributed by atoms with Gasteiger partial charge in [0.1, 0.15) is 0 Å². The van der Waals surface area contributed by atoms with Crippen molar-refractivity contribution in [2.75, 3.05) is 33.2 Å². The van der Waals surface area contributed by atoms with Crippen LogP contribution in [-0.2, 0) is 0 Å². The Morgan fingerprint density at radius 1 is 1.50 bits per heavy atom. The van der Waals surface area contributed by atoms with E-state index in [0.29, 0.717) is 0 Å². The molecule has 0 radical (unpaired) electrons. The Morgan fingerprint density at radius 2 is 2.33 bits per heavy atom. The van der Waals surface area contributed by atoms with Gasteiger partial charge in [-0.2, -0.15) is 0 Å². The van der Waals surface area contributed by atoms with Crippen LogP contribution in [0.2, 0.25) is 0 Å². The molecule has 1 unspecified atom stereocenters. The van der Waals surface area contributed by atoms with Crippen LogP contribution >= 0.6 is 0 Å². The molecule has 1 heterocycles. The van der Waals surface area contributed by atoms with Crippen LogP contribution in [0, 0.1) is 5.92 Å². The molecule has 0 saturated carbocycles. The fourth-order valence-corrected chi connectivity index (χ4v) is 1.97. The minimum atomic E-state index is 0.924. The maximum atomic E-state index is 3.19. The maximum Gasteiger partial charge on any atom is 0.000703 e. The van der Waals surface area contributed by atoms with Crippen LogP contribution in [0.25, 0.3) is 0 Å². The van der Waals surface area contributed by atoms with Gasteiger partial charge in [-0.3, -0.25) is 0 Å². The highest BCUT2D eigenvalue weighted by molar-refractivity contribution is 4.69. The lowest BCUT2D eigenvalue weighted by Crippen LogP contribution is -2.35. The lowest BCUT2D eigenvalue weighted by molar-refractivity contribution is 0.182. The Hall–Kier alpha value is -0.0800. The van der Waals surface area contributed by atoms with E-state index in [9.17, 15) is 0 Å². The van der Waals surface area contributed by atoms with Crippen molar-refractivity contribution in [1.29, 1.82) is 0 Å². The van der Waals surface area contributed by atoms with Crippen molar-refractivity contribution in [3.8, 4) is 0 Å². The Morgan fingerprint density at radius 3 is 3.00 bits per heavy atom. The van der Waals surface area contributed by atoms with Gasteiger partial charge in [0.2, 0.25) is 0 Å². The molecule has 0 aromatic rings. The predicted octanol–water partition coefficient (Wildman–Crippen LogP) is 1.33. The first-order chi connectivity index (χ1) is 5.83. The molecule has 12 heavy (non-hydrogen) atoms. The number of nitrogens with zero attached hydrogens (tertiary/aromatic N) is 1. The molecular weight excluding hydrogens is 148 g/mol. The molecule has 0 bridgehead atoms. The van der Waals surface area contributed by atoms with E-state index in [-0.39, 0.29) is 0 Å². The lowest BCUT2D eigenvalue weighted by Gasteiger charge is -2.30. The van der Waals surface area contributed by atoms with Crippen LogP contribution < -0.4 is 5.32 Å². The first kappa shape index (κ1) is 10.0. The summed E-state index contributed by atoms with van der Waals surface area (Å²) >= 11 is 0. The lowest BCUT2D eigenvalue weighted by atomic mass is 10.0. The van der Waals surface area contributed by atoms with E-state index in [1.807, 2.05) is 7.05 Å². The summed E-state index contributed by atoms with van der Waals surface area (Å²) in [7, 11) is 2.03. The zero-order valence-electron chi connectivity index (χ0n) is 8.47. The number of nitrogens with one attached hydrogen (secondary N) is 1. The second-order valence-electron chi connectivity index (χ2n) is 4.01. The van der Waals surface area contributed by atoms with E-state index < -0.39 is 0 Å². The molecule has 2 nitrogen and oxygen atoms in total. The molecule has 1 aliphatic heterocycles. The predicted molar refractivity (Wildman–Crippen MR) is 53.4 cm³/mol. The third kappa shape index (κ3) is 3.55. The Balaban J connectivity index is 2.06. The average Bonchev–Trinajstić information content (AvgIpc) is 2.05. The van der Waals surface area contributed by atoms with Gasteiger partial charge >= 0.3 is 0 Å². The quantitative estimate of drug-likeness (QED) is 0.640. The summed E-state index contributed by atoms with van der Waals surface area (Å²) in [6.07, 6.45) is 4.13. The van der Waals surface area contributed by atoms with Gasteiger partial charge in [-0.15, -0.1) is 0 Å². The Labute approximate surface area is 76.3 Å². The van der Waals surface area contributed by atoms with Gasteiger partial charge in [0, 0.05) is 6.54 Å². The fraction of sp³-hybridized carbons (Fsp3) is 1.00. The van der Waals surface area contributed by atoms with Crippen molar-refractivity contribution in [3.63, 3.8) is 0 Å². The standard InChI is InChI=1S/C10H22N2/c1-10-5-3-7-12(9-10)8-4-6-11-2/h10-11H,3-9H2,1-2H3. The molecule has 72 valence electrons.